The van der Waals surface area contributed by atoms with E-state index in [-0.39, 0.29) is 23.2 Å². The summed E-state index contributed by atoms with van der Waals surface area (Å²) < 4.78 is 43.7. The van der Waals surface area contributed by atoms with Gasteiger partial charge in [0.15, 0.2) is 15.7 Å². The predicted octanol–water partition coefficient (Wildman–Crippen LogP) is 1.07. The Labute approximate surface area is 163 Å². The number of nitrogens with zero attached hydrogens (tertiary/aromatic N) is 6. The monoisotopic (exact) mass is 416 g/mol. The molecule has 2 aromatic carbocycles. The molecule has 0 amide bonds. The quantitative estimate of drug-likeness (QED) is 0.473. The Hall–Kier alpha value is -3.67. The third-order valence-corrected chi connectivity index (χ3v) is 5.16. The van der Waals surface area contributed by atoms with Crippen LogP contribution in [0.2, 0.25) is 0 Å². The highest BCUT2D eigenvalue weighted by atomic mass is 32.2. The van der Waals surface area contributed by atoms with Gasteiger partial charge in [-0.3, -0.25) is 0 Å². The molecule has 0 aliphatic heterocycles. The van der Waals surface area contributed by atoms with E-state index >= 15 is 0 Å². The Kier molecular flexibility index (Phi) is 4.54. The highest BCUT2D eigenvalue weighted by Crippen LogP contribution is 2.17. The molecule has 0 spiro atoms. The molecule has 4 aromatic rings. The highest BCUT2D eigenvalue weighted by molar-refractivity contribution is 7.90. The number of hydrogen-bond donors (Lipinski definition) is 0. The van der Waals surface area contributed by atoms with Gasteiger partial charge in [0.05, 0.1) is 10.6 Å². The summed E-state index contributed by atoms with van der Waals surface area (Å²) >= 11 is 0. The van der Waals surface area contributed by atoms with Crippen molar-refractivity contribution in [1.29, 1.82) is 0 Å². The van der Waals surface area contributed by atoms with E-state index in [2.05, 4.69) is 20.6 Å². The lowest BCUT2D eigenvalue weighted by molar-refractivity contribution is 0.489. The van der Waals surface area contributed by atoms with E-state index in [9.17, 15) is 17.6 Å². The van der Waals surface area contributed by atoms with Crippen molar-refractivity contribution in [3.63, 3.8) is 0 Å². The number of tetrazole rings is 1. The van der Waals surface area contributed by atoms with Gasteiger partial charge < -0.3 is 4.42 Å². The second-order valence-electron chi connectivity index (χ2n) is 6.11. The van der Waals surface area contributed by atoms with Crippen LogP contribution in [0.25, 0.3) is 17.1 Å². The molecule has 10 nitrogen and oxygen atoms in total. The Morgan fingerprint density at radius 3 is 2.41 bits per heavy atom. The molecule has 0 fully saturated rings. The smallest absolute Gasteiger partial charge is 0.388 e. The van der Waals surface area contributed by atoms with Crippen LogP contribution in [0.3, 0.4) is 0 Å². The fourth-order valence-electron chi connectivity index (χ4n) is 2.59. The van der Waals surface area contributed by atoms with Gasteiger partial charge in [0, 0.05) is 11.8 Å². The van der Waals surface area contributed by atoms with Gasteiger partial charge in [-0.15, -0.1) is 10.2 Å². The summed E-state index contributed by atoms with van der Waals surface area (Å²) in [5.41, 5.74) is 0.950. The molecule has 29 heavy (non-hydrogen) atoms. The Balaban J connectivity index is 1.63. The maximum absolute atomic E-state index is 13.1. The fourth-order valence-corrected chi connectivity index (χ4v) is 3.22. The number of aromatic nitrogens is 6. The summed E-state index contributed by atoms with van der Waals surface area (Å²) in [6.45, 7) is -0.0929. The minimum absolute atomic E-state index is 0.0338. The van der Waals surface area contributed by atoms with Gasteiger partial charge >= 0.3 is 5.76 Å². The molecule has 12 heteroatoms. The Morgan fingerprint density at radius 1 is 1.07 bits per heavy atom. The number of sulfone groups is 1. The van der Waals surface area contributed by atoms with E-state index in [1.54, 1.807) is 12.1 Å². The largest absolute Gasteiger partial charge is 0.437 e. The van der Waals surface area contributed by atoms with E-state index in [4.69, 9.17) is 4.42 Å². The summed E-state index contributed by atoms with van der Waals surface area (Å²) in [4.78, 5) is 12.3. The van der Waals surface area contributed by atoms with Gasteiger partial charge in [-0.05, 0) is 59.0 Å². The minimum Gasteiger partial charge on any atom is -0.388 e. The summed E-state index contributed by atoms with van der Waals surface area (Å²) in [5.74, 6) is -0.840. The van der Waals surface area contributed by atoms with Crippen LogP contribution in [0.15, 0.2) is 62.6 Å². The Bertz CT molecular complexity index is 1320. The van der Waals surface area contributed by atoms with Crippen molar-refractivity contribution in [3.8, 4) is 17.1 Å². The average molecular weight is 416 g/mol. The van der Waals surface area contributed by atoms with Crippen molar-refractivity contribution >= 4 is 9.84 Å². The van der Waals surface area contributed by atoms with Crippen LogP contribution in [-0.4, -0.2) is 44.7 Å². The third-order valence-electron chi connectivity index (χ3n) is 4.03. The molecule has 0 radical (unpaired) electrons. The maximum Gasteiger partial charge on any atom is 0.437 e. The van der Waals surface area contributed by atoms with Crippen LogP contribution >= 0.6 is 0 Å². The standard InChI is InChI=1S/C17H13FN6O4S/c1-29(26,27)14-8-6-13(7-9-14)24-15(19-21-22-24)10-23-17(25)28-16(20-23)11-2-4-12(18)5-3-11/h2-9H,10H2,1H3. The first-order valence-corrected chi connectivity index (χ1v) is 10.1. The second-order valence-corrected chi connectivity index (χ2v) is 8.13. The molecule has 0 atom stereocenters. The molecular weight excluding hydrogens is 403 g/mol. The van der Waals surface area contributed by atoms with Gasteiger partial charge in [-0.25, -0.2) is 17.6 Å². The van der Waals surface area contributed by atoms with E-state index in [0.717, 1.165) is 10.9 Å². The lowest BCUT2D eigenvalue weighted by atomic mass is 10.2. The number of hydrogen-bond acceptors (Lipinski definition) is 8. The van der Waals surface area contributed by atoms with Crippen LogP contribution < -0.4 is 5.76 Å². The van der Waals surface area contributed by atoms with Crippen LogP contribution in [0, 0.1) is 5.82 Å². The lowest BCUT2D eigenvalue weighted by Crippen LogP contribution is -2.19. The van der Waals surface area contributed by atoms with E-state index < -0.39 is 21.4 Å². The second kappa shape index (κ2) is 7.05. The molecule has 0 aliphatic carbocycles. The van der Waals surface area contributed by atoms with Crippen LogP contribution in [0.4, 0.5) is 4.39 Å². The van der Waals surface area contributed by atoms with Gasteiger partial charge in [0.25, 0.3) is 0 Å². The molecule has 0 bridgehead atoms. The van der Waals surface area contributed by atoms with Gasteiger partial charge in [-0.1, -0.05) is 0 Å². The Morgan fingerprint density at radius 2 is 1.76 bits per heavy atom. The highest BCUT2D eigenvalue weighted by Gasteiger charge is 2.16. The molecular formula is C17H13FN6O4S. The normalized spacial score (nSPS) is 11.7. The number of rotatable bonds is 5. The zero-order valence-corrected chi connectivity index (χ0v) is 15.7. The zero-order chi connectivity index (χ0) is 20.6. The van der Waals surface area contributed by atoms with Crippen molar-refractivity contribution < 1.29 is 17.2 Å². The number of halogens is 1. The molecule has 2 heterocycles. The van der Waals surface area contributed by atoms with E-state index in [0.29, 0.717) is 11.3 Å². The molecule has 0 saturated carbocycles. The van der Waals surface area contributed by atoms with Crippen molar-refractivity contribution in [2.75, 3.05) is 6.26 Å². The third kappa shape index (κ3) is 3.82. The van der Waals surface area contributed by atoms with E-state index in [1.807, 2.05) is 0 Å². The van der Waals surface area contributed by atoms with Crippen molar-refractivity contribution in [1.82, 2.24) is 30.0 Å². The first kappa shape index (κ1) is 18.7. The SMILES string of the molecule is CS(=O)(=O)c1ccc(-n2nnnc2Cn2nc(-c3ccc(F)cc3)oc2=O)cc1. The molecule has 0 unspecified atom stereocenters. The molecule has 2 aromatic heterocycles. The van der Waals surface area contributed by atoms with E-state index in [1.165, 1.54) is 41.1 Å². The summed E-state index contributed by atoms with van der Waals surface area (Å²) in [5, 5.41) is 15.4. The minimum atomic E-state index is -3.33. The summed E-state index contributed by atoms with van der Waals surface area (Å²) in [6.07, 6.45) is 1.11. The zero-order valence-electron chi connectivity index (χ0n) is 14.9. The van der Waals surface area contributed by atoms with Crippen LogP contribution in [-0.2, 0) is 16.4 Å². The topological polar surface area (TPSA) is 126 Å². The first-order chi connectivity index (χ1) is 13.8. The lowest BCUT2D eigenvalue weighted by Gasteiger charge is -2.05. The van der Waals surface area contributed by atoms with Crippen molar-refractivity contribution in [3.05, 3.63) is 70.7 Å². The fraction of sp³-hybridized carbons (Fsp3) is 0.118. The predicted molar refractivity (Wildman–Crippen MR) is 97.5 cm³/mol. The summed E-state index contributed by atoms with van der Waals surface area (Å²) in [7, 11) is -3.33. The maximum atomic E-state index is 13.1. The molecule has 0 aliphatic rings. The van der Waals surface area contributed by atoms with Crippen molar-refractivity contribution in [2.24, 2.45) is 0 Å². The molecule has 0 saturated heterocycles. The van der Waals surface area contributed by atoms with Gasteiger partial charge in [0.2, 0.25) is 5.89 Å². The van der Waals surface area contributed by atoms with Crippen molar-refractivity contribution in [2.45, 2.75) is 11.4 Å². The van der Waals surface area contributed by atoms with Crippen LogP contribution in [0.1, 0.15) is 5.82 Å². The van der Waals surface area contributed by atoms with Gasteiger partial charge in [0.1, 0.15) is 12.4 Å². The summed E-state index contributed by atoms with van der Waals surface area (Å²) in [6, 6.07) is 11.3. The van der Waals surface area contributed by atoms with Gasteiger partial charge in [-0.2, -0.15) is 9.36 Å². The molecule has 0 N–H and O–H groups in total. The average Bonchev–Trinajstić information content (AvgIpc) is 3.29. The molecule has 148 valence electrons. The number of benzene rings is 2. The molecule has 4 rings (SSSR count). The van der Waals surface area contributed by atoms with Crippen LogP contribution in [0.5, 0.6) is 0 Å². The first-order valence-electron chi connectivity index (χ1n) is 8.23.